The Bertz CT molecular complexity index is 1270. The van der Waals surface area contributed by atoms with Crippen LogP contribution in [0, 0.1) is 5.92 Å². The van der Waals surface area contributed by atoms with Crippen molar-refractivity contribution in [3.63, 3.8) is 0 Å². The van der Waals surface area contributed by atoms with Gasteiger partial charge in [0.05, 0.1) is 34.0 Å². The summed E-state index contributed by atoms with van der Waals surface area (Å²) in [5.41, 5.74) is 11.0. The zero-order valence-corrected chi connectivity index (χ0v) is 18.8. The van der Waals surface area contributed by atoms with Crippen LogP contribution >= 0.6 is 11.3 Å². The number of fused-ring (bicyclic) bond motifs is 1. The second-order valence-corrected chi connectivity index (χ2v) is 9.36. The molecule has 0 saturated carbocycles. The van der Waals surface area contributed by atoms with E-state index in [9.17, 15) is 4.79 Å². The average Bonchev–Trinajstić information content (AvgIpc) is 3.38. The molecule has 0 aromatic carbocycles. The van der Waals surface area contributed by atoms with Gasteiger partial charge in [-0.2, -0.15) is 5.10 Å². The van der Waals surface area contributed by atoms with E-state index in [1.807, 2.05) is 31.6 Å². The van der Waals surface area contributed by atoms with Crippen molar-refractivity contribution in [2.24, 2.45) is 18.7 Å². The van der Waals surface area contributed by atoms with Crippen molar-refractivity contribution < 1.29 is 4.79 Å². The summed E-state index contributed by atoms with van der Waals surface area (Å²) < 4.78 is 2.78. The van der Waals surface area contributed by atoms with Crippen LogP contribution in [0.1, 0.15) is 23.8 Å². The number of rotatable bonds is 4. The number of aromatic nitrogens is 4. The lowest BCUT2D eigenvalue weighted by molar-refractivity contribution is 0.102. The zero-order valence-electron chi connectivity index (χ0n) is 18.0. The van der Waals surface area contributed by atoms with Crippen LogP contribution in [0.4, 0.5) is 11.4 Å². The molecule has 32 heavy (non-hydrogen) atoms. The third-order valence-electron chi connectivity index (χ3n) is 5.74. The minimum atomic E-state index is -0.265. The molecule has 8 nitrogen and oxygen atoms in total. The van der Waals surface area contributed by atoms with E-state index in [1.54, 1.807) is 34.5 Å². The molecule has 1 fully saturated rings. The first-order valence-corrected chi connectivity index (χ1v) is 11.5. The van der Waals surface area contributed by atoms with E-state index in [1.165, 1.54) is 0 Å². The molecule has 0 aliphatic carbocycles. The van der Waals surface area contributed by atoms with E-state index in [4.69, 9.17) is 10.7 Å². The molecule has 1 amide bonds. The summed E-state index contributed by atoms with van der Waals surface area (Å²) >= 11 is 1.60. The Morgan fingerprint density at radius 2 is 2.12 bits per heavy atom. The Labute approximate surface area is 190 Å². The van der Waals surface area contributed by atoms with Gasteiger partial charge in [-0.05, 0) is 30.5 Å². The summed E-state index contributed by atoms with van der Waals surface area (Å²) in [6.45, 7) is 3.85. The number of nitrogens with two attached hydrogens (primary N) is 1. The van der Waals surface area contributed by atoms with Crippen molar-refractivity contribution in [3.8, 4) is 11.1 Å². The lowest BCUT2D eigenvalue weighted by atomic mass is 9.96. The fourth-order valence-corrected chi connectivity index (χ4v) is 5.25. The molecular weight excluding hydrogens is 422 g/mol. The van der Waals surface area contributed by atoms with Gasteiger partial charge in [-0.1, -0.05) is 6.92 Å². The summed E-state index contributed by atoms with van der Waals surface area (Å²) in [7, 11) is 1.88. The molecule has 4 aromatic rings. The maximum Gasteiger partial charge on any atom is 0.274 e. The molecule has 9 heteroatoms. The Kier molecular flexibility index (Phi) is 5.36. The second-order valence-electron chi connectivity index (χ2n) is 8.45. The van der Waals surface area contributed by atoms with Gasteiger partial charge in [-0.3, -0.25) is 14.5 Å². The van der Waals surface area contributed by atoms with Crippen LogP contribution in [0.25, 0.3) is 21.3 Å². The van der Waals surface area contributed by atoms with Crippen LogP contribution in [-0.2, 0) is 7.05 Å². The second kappa shape index (κ2) is 8.33. The number of hydrogen-bond acceptors (Lipinski definition) is 7. The topological polar surface area (TPSA) is 102 Å². The largest absolute Gasteiger partial charge is 0.368 e. The van der Waals surface area contributed by atoms with Gasteiger partial charge in [0.1, 0.15) is 5.69 Å². The first kappa shape index (κ1) is 20.6. The van der Waals surface area contributed by atoms with Crippen molar-refractivity contribution in [1.82, 2.24) is 19.7 Å². The highest BCUT2D eigenvalue weighted by Crippen LogP contribution is 2.33. The van der Waals surface area contributed by atoms with Crippen molar-refractivity contribution in [3.05, 3.63) is 54.1 Å². The smallest absolute Gasteiger partial charge is 0.274 e. The Morgan fingerprint density at radius 3 is 2.91 bits per heavy atom. The molecule has 3 N–H and O–H groups in total. The lowest BCUT2D eigenvalue weighted by Gasteiger charge is -2.37. The van der Waals surface area contributed by atoms with Gasteiger partial charge in [0, 0.05) is 55.1 Å². The minimum absolute atomic E-state index is 0.115. The highest BCUT2D eigenvalue weighted by Gasteiger charge is 2.24. The average molecular weight is 448 g/mol. The molecule has 4 aromatic heterocycles. The molecule has 0 radical (unpaired) electrons. The Balaban J connectivity index is 1.43. The number of carbonyl (C=O) groups is 1. The van der Waals surface area contributed by atoms with Gasteiger partial charge >= 0.3 is 0 Å². The maximum atomic E-state index is 13.1. The third kappa shape index (κ3) is 3.96. The van der Waals surface area contributed by atoms with Crippen LogP contribution in [0.2, 0.25) is 0 Å². The third-order valence-corrected chi connectivity index (χ3v) is 6.68. The summed E-state index contributed by atoms with van der Waals surface area (Å²) in [4.78, 5) is 24.3. The van der Waals surface area contributed by atoms with Crippen LogP contribution in [-0.4, -0.2) is 44.8 Å². The van der Waals surface area contributed by atoms with Crippen LogP contribution in [0.15, 0.2) is 48.4 Å². The highest BCUT2D eigenvalue weighted by molar-refractivity contribution is 7.17. The van der Waals surface area contributed by atoms with Gasteiger partial charge in [0.15, 0.2) is 0 Å². The summed E-state index contributed by atoms with van der Waals surface area (Å²) in [6.07, 6.45) is 8.19. The number of amides is 1. The van der Waals surface area contributed by atoms with E-state index in [0.29, 0.717) is 17.3 Å². The number of thiophene rings is 1. The molecule has 2 atom stereocenters. The fourth-order valence-electron chi connectivity index (χ4n) is 4.35. The standard InChI is InChI=1S/C23H25N7OS/c1-14-7-16(24)12-30(10-14)20-5-6-25-9-19(20)28-23(31)18-3-4-21-22(27-18)17(13-32-21)15-8-26-29(2)11-15/h3-6,8-9,11,13-14,16H,7,10,12,24H2,1-2H3,(H,28,31). The van der Waals surface area contributed by atoms with Crippen molar-refractivity contribution in [2.75, 3.05) is 23.3 Å². The van der Waals surface area contributed by atoms with E-state index in [-0.39, 0.29) is 11.9 Å². The molecule has 0 bridgehead atoms. The van der Waals surface area contributed by atoms with Gasteiger partial charge < -0.3 is 16.0 Å². The number of piperidine rings is 1. The SMILES string of the molecule is CC1CC(N)CN(c2ccncc2NC(=O)c2ccc3scc(-c4cnn(C)c4)c3n2)C1. The Morgan fingerprint density at radius 1 is 1.25 bits per heavy atom. The number of nitrogens with one attached hydrogen (secondary N) is 1. The van der Waals surface area contributed by atoms with Gasteiger partial charge in [-0.15, -0.1) is 11.3 Å². The molecule has 0 spiro atoms. The van der Waals surface area contributed by atoms with Crippen molar-refractivity contribution in [1.29, 1.82) is 0 Å². The van der Waals surface area contributed by atoms with E-state index in [0.717, 1.165) is 46.5 Å². The number of carbonyl (C=O) groups excluding carboxylic acids is 1. The first-order valence-electron chi connectivity index (χ1n) is 10.6. The number of hydrogen-bond donors (Lipinski definition) is 2. The van der Waals surface area contributed by atoms with Gasteiger partial charge in [-0.25, -0.2) is 4.98 Å². The lowest BCUT2D eigenvalue weighted by Crippen LogP contribution is -2.46. The molecule has 5 rings (SSSR count). The molecule has 1 aliphatic heterocycles. The van der Waals surface area contributed by atoms with Crippen LogP contribution in [0.3, 0.4) is 0 Å². The molecule has 5 heterocycles. The van der Waals surface area contributed by atoms with E-state index in [2.05, 4.69) is 32.6 Å². The number of nitrogens with zero attached hydrogens (tertiary/aromatic N) is 5. The first-order chi connectivity index (χ1) is 15.5. The van der Waals surface area contributed by atoms with Crippen LogP contribution in [0.5, 0.6) is 0 Å². The molecule has 1 aliphatic rings. The molecule has 2 unspecified atom stereocenters. The van der Waals surface area contributed by atoms with Gasteiger partial charge in [0.2, 0.25) is 0 Å². The van der Waals surface area contributed by atoms with E-state index < -0.39 is 0 Å². The monoisotopic (exact) mass is 447 g/mol. The number of aryl methyl sites for hydroxylation is 1. The summed E-state index contributed by atoms with van der Waals surface area (Å²) in [5, 5.41) is 9.32. The maximum absolute atomic E-state index is 13.1. The van der Waals surface area contributed by atoms with E-state index >= 15 is 0 Å². The summed E-state index contributed by atoms with van der Waals surface area (Å²) in [5.74, 6) is 0.225. The number of pyridine rings is 2. The normalized spacial score (nSPS) is 18.8. The van der Waals surface area contributed by atoms with Crippen molar-refractivity contribution >= 4 is 38.8 Å². The molecule has 164 valence electrons. The predicted octanol–water partition coefficient (Wildman–Crippen LogP) is 3.52. The quantitative estimate of drug-likeness (QED) is 0.496. The van der Waals surface area contributed by atoms with Crippen molar-refractivity contribution in [2.45, 2.75) is 19.4 Å². The number of anilines is 2. The van der Waals surface area contributed by atoms with Crippen LogP contribution < -0.4 is 16.0 Å². The minimum Gasteiger partial charge on any atom is -0.368 e. The summed E-state index contributed by atoms with van der Waals surface area (Å²) in [6, 6.07) is 5.74. The Hall–Kier alpha value is -3.30. The van der Waals surface area contributed by atoms with Gasteiger partial charge in [0.25, 0.3) is 5.91 Å². The predicted molar refractivity (Wildman–Crippen MR) is 128 cm³/mol. The molecule has 1 saturated heterocycles. The zero-order chi connectivity index (χ0) is 22.2. The fraction of sp³-hybridized carbons (Fsp3) is 0.304. The molecular formula is C23H25N7OS. The highest BCUT2D eigenvalue weighted by atomic mass is 32.1.